The standard InChI is InChI=1S/C10H22BrN/c11-9-7-5-3-1-2-4-6-8-10-12/h1-10,12H2/p+1. The van der Waals surface area contributed by atoms with Crippen LogP contribution < -0.4 is 5.73 Å². The lowest BCUT2D eigenvalue weighted by molar-refractivity contribution is -0.368. The summed E-state index contributed by atoms with van der Waals surface area (Å²) in [6, 6.07) is 0. The van der Waals surface area contributed by atoms with Gasteiger partial charge in [0.05, 0.1) is 6.54 Å². The number of halogens is 1. The predicted molar refractivity (Wildman–Crippen MR) is 58.5 cm³/mol. The summed E-state index contributed by atoms with van der Waals surface area (Å²) < 4.78 is 0. The number of rotatable bonds is 9. The second-order valence-electron chi connectivity index (χ2n) is 3.37. The second-order valence-corrected chi connectivity index (χ2v) is 4.16. The Morgan fingerprint density at radius 1 is 0.667 bits per heavy atom. The average Bonchev–Trinajstić information content (AvgIpc) is 2.10. The van der Waals surface area contributed by atoms with Crippen LogP contribution in [0.5, 0.6) is 0 Å². The predicted octanol–water partition coefficient (Wildman–Crippen LogP) is 2.74. The molecule has 0 aromatic heterocycles. The Hall–Kier alpha value is 0.440. The summed E-state index contributed by atoms with van der Waals surface area (Å²) in [5, 5.41) is 1.18. The van der Waals surface area contributed by atoms with Gasteiger partial charge in [-0.25, -0.2) is 0 Å². The minimum Gasteiger partial charge on any atom is -0.358 e. The molecule has 0 radical (unpaired) electrons. The molecule has 0 rings (SSSR count). The van der Waals surface area contributed by atoms with Gasteiger partial charge in [0.15, 0.2) is 0 Å². The highest BCUT2D eigenvalue weighted by atomic mass is 79.9. The first kappa shape index (κ1) is 12.4. The summed E-state index contributed by atoms with van der Waals surface area (Å²) in [4.78, 5) is 0. The topological polar surface area (TPSA) is 27.6 Å². The zero-order chi connectivity index (χ0) is 9.07. The third kappa shape index (κ3) is 10.4. The Bertz CT molecular complexity index is 66.2. The Kier molecular flexibility index (Phi) is 11.9. The number of quaternary nitrogens is 1. The number of hydrogen-bond acceptors (Lipinski definition) is 0. The van der Waals surface area contributed by atoms with E-state index >= 15 is 0 Å². The zero-order valence-electron chi connectivity index (χ0n) is 8.16. The normalized spacial score (nSPS) is 10.5. The van der Waals surface area contributed by atoms with E-state index in [1.807, 2.05) is 0 Å². The third-order valence-electron chi connectivity index (χ3n) is 2.13. The van der Waals surface area contributed by atoms with Crippen molar-refractivity contribution in [1.29, 1.82) is 0 Å². The fourth-order valence-electron chi connectivity index (χ4n) is 1.33. The van der Waals surface area contributed by atoms with Gasteiger partial charge in [-0.2, -0.15) is 0 Å². The average molecular weight is 237 g/mol. The molecule has 0 aromatic carbocycles. The Balaban J connectivity index is 2.73. The van der Waals surface area contributed by atoms with E-state index in [-0.39, 0.29) is 0 Å². The maximum Gasteiger partial charge on any atom is 0.0739 e. The summed E-state index contributed by atoms with van der Waals surface area (Å²) >= 11 is 3.45. The van der Waals surface area contributed by atoms with Crippen LogP contribution in [0.4, 0.5) is 0 Å². The smallest absolute Gasteiger partial charge is 0.0739 e. The van der Waals surface area contributed by atoms with E-state index < -0.39 is 0 Å². The van der Waals surface area contributed by atoms with E-state index in [1.54, 1.807) is 0 Å². The Morgan fingerprint density at radius 2 is 1.08 bits per heavy atom. The zero-order valence-corrected chi connectivity index (χ0v) is 9.74. The van der Waals surface area contributed by atoms with Crippen molar-refractivity contribution in [2.45, 2.75) is 51.4 Å². The van der Waals surface area contributed by atoms with Crippen molar-refractivity contribution < 1.29 is 5.73 Å². The van der Waals surface area contributed by atoms with Crippen molar-refractivity contribution in [2.75, 3.05) is 11.9 Å². The molecule has 74 valence electrons. The molecule has 0 bridgehead atoms. The molecule has 0 spiro atoms. The summed E-state index contributed by atoms with van der Waals surface area (Å²) in [5.41, 5.74) is 3.84. The van der Waals surface area contributed by atoms with Gasteiger partial charge in [-0.15, -0.1) is 0 Å². The first-order chi connectivity index (χ1) is 5.91. The van der Waals surface area contributed by atoms with Crippen molar-refractivity contribution in [3.8, 4) is 0 Å². The van der Waals surface area contributed by atoms with Crippen LogP contribution in [0.1, 0.15) is 51.4 Å². The molecule has 0 heterocycles. The highest BCUT2D eigenvalue weighted by molar-refractivity contribution is 9.09. The lowest BCUT2D eigenvalue weighted by atomic mass is 10.1. The molecule has 0 atom stereocenters. The molecule has 1 nitrogen and oxygen atoms in total. The van der Waals surface area contributed by atoms with Gasteiger partial charge >= 0.3 is 0 Å². The minimum absolute atomic E-state index is 1.11. The largest absolute Gasteiger partial charge is 0.358 e. The SMILES string of the molecule is [NH3+]CCCCCCCCCCBr. The molecule has 2 heteroatoms. The van der Waals surface area contributed by atoms with Crippen LogP contribution in [0.25, 0.3) is 0 Å². The molecule has 0 aliphatic heterocycles. The number of alkyl halides is 1. The van der Waals surface area contributed by atoms with Gasteiger partial charge in [0, 0.05) is 5.33 Å². The fourth-order valence-corrected chi connectivity index (χ4v) is 1.73. The van der Waals surface area contributed by atoms with E-state index in [9.17, 15) is 0 Å². The summed E-state index contributed by atoms with van der Waals surface area (Å²) in [7, 11) is 0. The van der Waals surface area contributed by atoms with Gasteiger partial charge in [0.2, 0.25) is 0 Å². The number of hydrogen-bond donors (Lipinski definition) is 1. The first-order valence-electron chi connectivity index (χ1n) is 5.27. The minimum atomic E-state index is 1.11. The lowest BCUT2D eigenvalue weighted by Gasteiger charge is -1.99. The van der Waals surface area contributed by atoms with E-state index in [1.165, 1.54) is 56.7 Å². The van der Waals surface area contributed by atoms with Crippen LogP contribution in [0, 0.1) is 0 Å². The van der Waals surface area contributed by atoms with E-state index in [4.69, 9.17) is 0 Å². The van der Waals surface area contributed by atoms with Crippen LogP contribution in [0.15, 0.2) is 0 Å². The molecular weight excluding hydrogens is 214 g/mol. The molecule has 0 aliphatic rings. The summed E-state index contributed by atoms with van der Waals surface area (Å²) in [6.45, 7) is 1.11. The maximum absolute atomic E-state index is 3.84. The Morgan fingerprint density at radius 3 is 1.50 bits per heavy atom. The number of unbranched alkanes of at least 4 members (excludes halogenated alkanes) is 7. The molecule has 0 aliphatic carbocycles. The van der Waals surface area contributed by atoms with Gasteiger partial charge in [-0.05, 0) is 19.3 Å². The summed E-state index contributed by atoms with van der Waals surface area (Å²) in [6.07, 6.45) is 11.2. The van der Waals surface area contributed by atoms with E-state index in [2.05, 4.69) is 21.7 Å². The van der Waals surface area contributed by atoms with Crippen molar-refractivity contribution >= 4 is 15.9 Å². The molecule has 0 amide bonds. The van der Waals surface area contributed by atoms with Crippen LogP contribution in [-0.2, 0) is 0 Å². The first-order valence-corrected chi connectivity index (χ1v) is 6.39. The lowest BCUT2D eigenvalue weighted by Crippen LogP contribution is -2.50. The molecule has 3 N–H and O–H groups in total. The van der Waals surface area contributed by atoms with Crippen molar-refractivity contribution in [2.24, 2.45) is 0 Å². The molecule has 0 aromatic rings. The molecule has 0 unspecified atom stereocenters. The van der Waals surface area contributed by atoms with Crippen LogP contribution in [0.2, 0.25) is 0 Å². The molecular formula is C10H23BrN+. The van der Waals surface area contributed by atoms with E-state index in [0.29, 0.717) is 0 Å². The molecule has 0 saturated carbocycles. The van der Waals surface area contributed by atoms with E-state index in [0.717, 1.165) is 6.54 Å². The van der Waals surface area contributed by atoms with Crippen LogP contribution in [-0.4, -0.2) is 11.9 Å². The summed E-state index contributed by atoms with van der Waals surface area (Å²) in [5.74, 6) is 0. The molecule has 12 heavy (non-hydrogen) atoms. The Labute approximate surface area is 85.2 Å². The third-order valence-corrected chi connectivity index (χ3v) is 2.69. The van der Waals surface area contributed by atoms with Crippen molar-refractivity contribution in [3.05, 3.63) is 0 Å². The van der Waals surface area contributed by atoms with Gasteiger partial charge in [0.25, 0.3) is 0 Å². The van der Waals surface area contributed by atoms with Crippen LogP contribution in [0.3, 0.4) is 0 Å². The second kappa shape index (κ2) is 11.4. The quantitative estimate of drug-likeness (QED) is 0.471. The fraction of sp³-hybridized carbons (Fsp3) is 1.00. The highest BCUT2D eigenvalue weighted by Crippen LogP contribution is 2.08. The van der Waals surface area contributed by atoms with Gasteiger partial charge in [-0.3, -0.25) is 0 Å². The van der Waals surface area contributed by atoms with Crippen molar-refractivity contribution in [3.63, 3.8) is 0 Å². The van der Waals surface area contributed by atoms with Gasteiger partial charge in [-0.1, -0.05) is 48.0 Å². The molecule has 0 fully saturated rings. The van der Waals surface area contributed by atoms with Gasteiger partial charge in [0.1, 0.15) is 0 Å². The van der Waals surface area contributed by atoms with Crippen LogP contribution >= 0.6 is 15.9 Å². The van der Waals surface area contributed by atoms with Crippen molar-refractivity contribution in [1.82, 2.24) is 0 Å². The van der Waals surface area contributed by atoms with Gasteiger partial charge < -0.3 is 5.73 Å². The monoisotopic (exact) mass is 236 g/mol. The highest BCUT2D eigenvalue weighted by Gasteiger charge is 1.90. The maximum atomic E-state index is 3.84. The molecule has 0 saturated heterocycles.